The molecule has 0 bridgehead atoms. The summed E-state index contributed by atoms with van der Waals surface area (Å²) in [7, 11) is 0. The summed E-state index contributed by atoms with van der Waals surface area (Å²) in [6.45, 7) is 4.72. The number of nitrogens with zero attached hydrogens (tertiary/aromatic N) is 2. The van der Waals surface area contributed by atoms with Gasteiger partial charge in [-0.05, 0) is 32.1 Å². The van der Waals surface area contributed by atoms with Gasteiger partial charge in [-0.2, -0.15) is 0 Å². The number of amides is 2. The molecule has 0 unspecified atom stereocenters. The van der Waals surface area contributed by atoms with Gasteiger partial charge in [0.1, 0.15) is 5.76 Å². The molecule has 1 N–H and O–H groups in total. The molecule has 0 aromatic carbocycles. The van der Waals surface area contributed by atoms with E-state index in [4.69, 9.17) is 4.52 Å². The fourth-order valence-electron chi connectivity index (χ4n) is 3.58. The standard InChI is InChI=1S/C20H33N3O3/c1-3-4-5-9-12-20(25)23(14-17-10-7-6-8-11-17)15-19(24)21-18-13-16(2)26-22-18/h13,17H,3-12,14-15H2,1-2H3,(H,21,22,24). The van der Waals surface area contributed by atoms with E-state index in [9.17, 15) is 9.59 Å². The van der Waals surface area contributed by atoms with Gasteiger partial charge in [0, 0.05) is 19.0 Å². The Hall–Kier alpha value is -1.85. The van der Waals surface area contributed by atoms with Gasteiger partial charge in [-0.25, -0.2) is 0 Å². The zero-order chi connectivity index (χ0) is 18.8. The lowest BCUT2D eigenvalue weighted by molar-refractivity contribution is -0.135. The second-order valence-electron chi connectivity index (χ2n) is 7.46. The highest BCUT2D eigenvalue weighted by molar-refractivity contribution is 5.93. The van der Waals surface area contributed by atoms with E-state index in [1.165, 1.54) is 19.3 Å². The lowest BCUT2D eigenvalue weighted by Crippen LogP contribution is -2.41. The van der Waals surface area contributed by atoms with Crippen LogP contribution in [0.3, 0.4) is 0 Å². The van der Waals surface area contributed by atoms with Crippen molar-refractivity contribution in [3.05, 3.63) is 11.8 Å². The molecule has 1 aromatic heterocycles. The molecule has 1 aromatic rings. The number of hydrogen-bond donors (Lipinski definition) is 1. The van der Waals surface area contributed by atoms with E-state index in [2.05, 4.69) is 17.4 Å². The minimum absolute atomic E-state index is 0.0923. The van der Waals surface area contributed by atoms with Crippen LogP contribution in [0.2, 0.25) is 0 Å². The van der Waals surface area contributed by atoms with Gasteiger partial charge < -0.3 is 14.7 Å². The number of carbonyl (C=O) groups excluding carboxylic acids is 2. The summed E-state index contributed by atoms with van der Waals surface area (Å²) in [4.78, 5) is 26.8. The molecular weight excluding hydrogens is 330 g/mol. The maximum absolute atomic E-state index is 12.7. The summed E-state index contributed by atoms with van der Waals surface area (Å²) < 4.78 is 4.97. The summed E-state index contributed by atoms with van der Waals surface area (Å²) >= 11 is 0. The summed E-state index contributed by atoms with van der Waals surface area (Å²) in [6.07, 6.45) is 10.9. The lowest BCUT2D eigenvalue weighted by atomic mass is 9.89. The predicted molar refractivity (Wildman–Crippen MR) is 102 cm³/mol. The molecule has 1 aliphatic rings. The minimum Gasteiger partial charge on any atom is -0.360 e. The Labute approximate surface area is 156 Å². The molecule has 2 rings (SSSR count). The number of nitrogens with one attached hydrogen (secondary N) is 1. The first-order valence-corrected chi connectivity index (χ1v) is 10.1. The van der Waals surface area contributed by atoms with E-state index in [1.807, 2.05) is 0 Å². The van der Waals surface area contributed by atoms with Crippen LogP contribution in [0.25, 0.3) is 0 Å². The summed E-state index contributed by atoms with van der Waals surface area (Å²) in [5.41, 5.74) is 0. The third-order valence-electron chi connectivity index (χ3n) is 5.03. The molecule has 1 heterocycles. The van der Waals surface area contributed by atoms with Crippen molar-refractivity contribution in [3.8, 4) is 0 Å². The molecule has 0 spiro atoms. The first kappa shape index (κ1) is 20.5. The van der Waals surface area contributed by atoms with Crippen LogP contribution in [0, 0.1) is 12.8 Å². The van der Waals surface area contributed by atoms with Gasteiger partial charge in [0.05, 0.1) is 6.54 Å². The highest BCUT2D eigenvalue weighted by Gasteiger charge is 2.23. The van der Waals surface area contributed by atoms with Crippen LogP contribution in [0.4, 0.5) is 5.82 Å². The molecule has 1 saturated carbocycles. The topological polar surface area (TPSA) is 75.4 Å². The summed E-state index contributed by atoms with van der Waals surface area (Å²) in [5.74, 6) is 1.45. The molecule has 0 atom stereocenters. The molecule has 0 aliphatic heterocycles. The normalized spacial score (nSPS) is 15.0. The Morgan fingerprint density at radius 1 is 1.23 bits per heavy atom. The molecular formula is C20H33N3O3. The average molecular weight is 364 g/mol. The van der Waals surface area contributed by atoms with Crippen LogP contribution < -0.4 is 5.32 Å². The molecule has 1 aliphatic carbocycles. The molecule has 0 radical (unpaired) electrons. The first-order valence-electron chi connectivity index (χ1n) is 10.1. The van der Waals surface area contributed by atoms with Gasteiger partial charge in [-0.15, -0.1) is 0 Å². The summed E-state index contributed by atoms with van der Waals surface area (Å²) in [6, 6.07) is 1.68. The third kappa shape index (κ3) is 7.18. The largest absolute Gasteiger partial charge is 0.360 e. The number of rotatable bonds is 10. The van der Waals surface area contributed by atoms with Crippen molar-refractivity contribution in [2.75, 3.05) is 18.4 Å². The molecule has 146 valence electrons. The maximum Gasteiger partial charge on any atom is 0.245 e. The quantitative estimate of drug-likeness (QED) is 0.629. The number of aromatic nitrogens is 1. The van der Waals surface area contributed by atoms with Crippen LogP contribution in [0.5, 0.6) is 0 Å². The van der Waals surface area contributed by atoms with Crippen molar-refractivity contribution in [1.82, 2.24) is 10.1 Å². The van der Waals surface area contributed by atoms with Crippen molar-refractivity contribution in [1.29, 1.82) is 0 Å². The van der Waals surface area contributed by atoms with E-state index in [-0.39, 0.29) is 18.4 Å². The number of anilines is 1. The fraction of sp³-hybridized carbons (Fsp3) is 0.750. The van der Waals surface area contributed by atoms with E-state index in [1.54, 1.807) is 17.9 Å². The number of carbonyl (C=O) groups is 2. The molecule has 0 saturated heterocycles. The van der Waals surface area contributed by atoms with E-state index in [0.717, 1.165) is 38.5 Å². The molecule has 6 nitrogen and oxygen atoms in total. The average Bonchev–Trinajstić information content (AvgIpc) is 3.03. The van der Waals surface area contributed by atoms with Crippen LogP contribution in [-0.4, -0.2) is 35.0 Å². The lowest BCUT2D eigenvalue weighted by Gasteiger charge is -2.29. The molecule has 1 fully saturated rings. The second-order valence-corrected chi connectivity index (χ2v) is 7.46. The predicted octanol–water partition coefficient (Wildman–Crippen LogP) is 4.30. The van der Waals surface area contributed by atoms with Crippen LogP contribution in [-0.2, 0) is 9.59 Å². The van der Waals surface area contributed by atoms with Crippen molar-refractivity contribution in [2.45, 2.75) is 78.1 Å². The van der Waals surface area contributed by atoms with Crippen LogP contribution >= 0.6 is 0 Å². The Bertz CT molecular complexity index is 564. The van der Waals surface area contributed by atoms with Gasteiger partial charge in [-0.3, -0.25) is 9.59 Å². The number of aryl methyl sites for hydroxylation is 1. The van der Waals surface area contributed by atoms with Gasteiger partial charge >= 0.3 is 0 Å². The van der Waals surface area contributed by atoms with Crippen molar-refractivity contribution < 1.29 is 14.1 Å². The smallest absolute Gasteiger partial charge is 0.245 e. The molecule has 6 heteroatoms. The van der Waals surface area contributed by atoms with E-state index >= 15 is 0 Å². The zero-order valence-corrected chi connectivity index (χ0v) is 16.3. The van der Waals surface area contributed by atoms with Gasteiger partial charge in [0.2, 0.25) is 11.8 Å². The van der Waals surface area contributed by atoms with Gasteiger partial charge in [0.15, 0.2) is 5.82 Å². The highest BCUT2D eigenvalue weighted by Crippen LogP contribution is 2.24. The van der Waals surface area contributed by atoms with E-state index in [0.29, 0.717) is 30.5 Å². The Morgan fingerprint density at radius 3 is 2.65 bits per heavy atom. The second kappa shape index (κ2) is 11.0. The Balaban J connectivity index is 1.89. The highest BCUT2D eigenvalue weighted by atomic mass is 16.5. The zero-order valence-electron chi connectivity index (χ0n) is 16.3. The fourth-order valence-corrected chi connectivity index (χ4v) is 3.58. The molecule has 26 heavy (non-hydrogen) atoms. The van der Waals surface area contributed by atoms with Crippen LogP contribution in [0.15, 0.2) is 10.6 Å². The van der Waals surface area contributed by atoms with Gasteiger partial charge in [0.25, 0.3) is 0 Å². The van der Waals surface area contributed by atoms with Crippen LogP contribution in [0.1, 0.15) is 76.9 Å². The van der Waals surface area contributed by atoms with Crippen molar-refractivity contribution >= 4 is 17.6 Å². The monoisotopic (exact) mass is 363 g/mol. The van der Waals surface area contributed by atoms with E-state index < -0.39 is 0 Å². The Morgan fingerprint density at radius 2 is 2.00 bits per heavy atom. The minimum atomic E-state index is -0.212. The van der Waals surface area contributed by atoms with Gasteiger partial charge in [-0.1, -0.05) is 50.6 Å². The van der Waals surface area contributed by atoms with Crippen molar-refractivity contribution in [3.63, 3.8) is 0 Å². The summed E-state index contributed by atoms with van der Waals surface area (Å²) in [5, 5.41) is 6.51. The Kier molecular flexibility index (Phi) is 8.65. The number of hydrogen-bond acceptors (Lipinski definition) is 4. The third-order valence-corrected chi connectivity index (χ3v) is 5.03. The number of unbranched alkanes of at least 4 members (excludes halogenated alkanes) is 3. The first-order chi connectivity index (χ1) is 12.6. The molecule has 2 amide bonds. The SMILES string of the molecule is CCCCCCC(=O)N(CC(=O)Nc1cc(C)on1)CC1CCCCC1. The maximum atomic E-state index is 12.7. The van der Waals surface area contributed by atoms with Crippen molar-refractivity contribution in [2.24, 2.45) is 5.92 Å².